The average molecular weight is 364 g/mol. The molecule has 2 aromatic rings. The van der Waals surface area contributed by atoms with Gasteiger partial charge in [-0.25, -0.2) is 0 Å². The first-order valence-electron chi connectivity index (χ1n) is 8.95. The first kappa shape index (κ1) is 18.9. The fourth-order valence-electron chi connectivity index (χ4n) is 3.27. The highest BCUT2D eigenvalue weighted by Crippen LogP contribution is 2.39. The molecular weight excluding hydrogens is 340 g/mol. The number of amides is 1. The number of rotatable bonds is 5. The number of likely N-dealkylation sites (tertiary alicyclic amines) is 1. The molecule has 1 saturated heterocycles. The lowest BCUT2D eigenvalue weighted by Gasteiger charge is -2.26. The van der Waals surface area contributed by atoms with Crippen molar-refractivity contribution in [2.45, 2.75) is 13.0 Å². The molecule has 1 amide bonds. The van der Waals surface area contributed by atoms with E-state index in [-0.39, 0.29) is 11.3 Å². The lowest BCUT2D eigenvalue weighted by atomic mass is 9.95. The van der Waals surface area contributed by atoms with E-state index in [2.05, 4.69) is 0 Å². The summed E-state index contributed by atoms with van der Waals surface area (Å²) in [5.41, 5.74) is 2.58. The fourth-order valence-corrected chi connectivity index (χ4v) is 3.27. The highest BCUT2D eigenvalue weighted by molar-refractivity contribution is 6.46. The molecule has 0 unspecified atom stereocenters. The van der Waals surface area contributed by atoms with Crippen LogP contribution < -0.4 is 0 Å². The molecule has 0 aromatic heterocycles. The lowest BCUT2D eigenvalue weighted by Crippen LogP contribution is -2.35. The molecule has 0 radical (unpaired) electrons. The molecule has 1 aliphatic heterocycles. The van der Waals surface area contributed by atoms with E-state index in [0.717, 1.165) is 11.1 Å². The van der Waals surface area contributed by atoms with Gasteiger partial charge in [-0.1, -0.05) is 60.2 Å². The van der Waals surface area contributed by atoms with Gasteiger partial charge < -0.3 is 14.9 Å². The van der Waals surface area contributed by atoms with Crippen LogP contribution in [0.2, 0.25) is 0 Å². The SMILES string of the molecule is Cc1ccc([C@@H]2C(=C(O)c3ccccc3)C(=O)C(=O)N2CCN(C)C)cc1. The number of ketones is 1. The number of carbonyl (C=O) groups is 2. The highest BCUT2D eigenvalue weighted by Gasteiger charge is 2.45. The smallest absolute Gasteiger partial charge is 0.295 e. The number of hydrogen-bond acceptors (Lipinski definition) is 4. The summed E-state index contributed by atoms with van der Waals surface area (Å²) in [7, 11) is 3.84. The molecule has 3 rings (SSSR count). The number of aryl methyl sites for hydroxylation is 1. The molecule has 27 heavy (non-hydrogen) atoms. The third kappa shape index (κ3) is 3.78. The van der Waals surface area contributed by atoms with Crippen molar-refractivity contribution in [2.24, 2.45) is 0 Å². The van der Waals surface area contributed by atoms with Crippen molar-refractivity contribution in [3.05, 3.63) is 76.9 Å². The van der Waals surface area contributed by atoms with Gasteiger partial charge >= 0.3 is 0 Å². The highest BCUT2D eigenvalue weighted by atomic mass is 16.3. The summed E-state index contributed by atoms with van der Waals surface area (Å²) in [5, 5.41) is 10.9. The van der Waals surface area contributed by atoms with Crippen LogP contribution in [0, 0.1) is 6.92 Å². The summed E-state index contributed by atoms with van der Waals surface area (Å²) < 4.78 is 0. The van der Waals surface area contributed by atoms with Gasteiger partial charge in [-0.05, 0) is 26.6 Å². The summed E-state index contributed by atoms with van der Waals surface area (Å²) in [6.45, 7) is 3.01. The first-order chi connectivity index (χ1) is 12.9. The molecular formula is C22H24N2O3. The van der Waals surface area contributed by atoms with Crippen molar-refractivity contribution in [1.29, 1.82) is 0 Å². The topological polar surface area (TPSA) is 60.9 Å². The van der Waals surface area contributed by atoms with E-state index in [1.54, 1.807) is 29.2 Å². The predicted octanol–water partition coefficient (Wildman–Crippen LogP) is 2.98. The summed E-state index contributed by atoms with van der Waals surface area (Å²) in [5.74, 6) is -1.34. The van der Waals surface area contributed by atoms with Crippen LogP contribution in [0.3, 0.4) is 0 Å². The molecule has 5 nitrogen and oxygen atoms in total. The van der Waals surface area contributed by atoms with E-state index < -0.39 is 17.7 Å². The number of likely N-dealkylation sites (N-methyl/N-ethyl adjacent to an activating group) is 1. The normalized spacial score (nSPS) is 19.1. The molecule has 1 fully saturated rings. The second-order valence-electron chi connectivity index (χ2n) is 7.07. The average Bonchev–Trinajstić information content (AvgIpc) is 2.91. The van der Waals surface area contributed by atoms with E-state index >= 15 is 0 Å². The summed E-state index contributed by atoms with van der Waals surface area (Å²) >= 11 is 0. The third-order valence-corrected chi connectivity index (χ3v) is 4.77. The second-order valence-corrected chi connectivity index (χ2v) is 7.07. The van der Waals surface area contributed by atoms with E-state index in [1.165, 1.54) is 0 Å². The zero-order valence-corrected chi connectivity index (χ0v) is 15.8. The summed E-state index contributed by atoms with van der Waals surface area (Å²) in [6.07, 6.45) is 0. The van der Waals surface area contributed by atoms with Crippen LogP contribution >= 0.6 is 0 Å². The molecule has 0 bridgehead atoms. The molecule has 0 saturated carbocycles. The van der Waals surface area contributed by atoms with Crippen molar-refractivity contribution in [1.82, 2.24) is 9.80 Å². The van der Waals surface area contributed by atoms with Crippen molar-refractivity contribution in [3.8, 4) is 0 Å². The van der Waals surface area contributed by atoms with E-state index in [1.807, 2.05) is 56.3 Å². The first-order valence-corrected chi connectivity index (χ1v) is 8.95. The van der Waals surface area contributed by atoms with Crippen LogP contribution in [-0.2, 0) is 9.59 Å². The minimum absolute atomic E-state index is 0.133. The summed E-state index contributed by atoms with van der Waals surface area (Å²) in [6, 6.07) is 16.0. The van der Waals surface area contributed by atoms with Gasteiger partial charge in [0.25, 0.3) is 11.7 Å². The molecule has 2 aromatic carbocycles. The zero-order valence-electron chi connectivity index (χ0n) is 15.8. The molecule has 140 valence electrons. The fraction of sp³-hybridized carbons (Fsp3) is 0.273. The molecule has 5 heteroatoms. The van der Waals surface area contributed by atoms with Crippen molar-refractivity contribution >= 4 is 17.4 Å². The van der Waals surface area contributed by atoms with Gasteiger partial charge in [-0.15, -0.1) is 0 Å². The Hall–Kier alpha value is -2.92. The monoisotopic (exact) mass is 364 g/mol. The van der Waals surface area contributed by atoms with Gasteiger partial charge in [0.1, 0.15) is 5.76 Å². The van der Waals surface area contributed by atoms with E-state index in [4.69, 9.17) is 0 Å². The van der Waals surface area contributed by atoms with Gasteiger partial charge in [-0.2, -0.15) is 0 Å². The number of aliphatic hydroxyl groups excluding tert-OH is 1. The van der Waals surface area contributed by atoms with Crippen LogP contribution in [0.4, 0.5) is 0 Å². The summed E-state index contributed by atoms with van der Waals surface area (Å²) in [4.78, 5) is 29.0. The standard InChI is InChI=1S/C22H24N2O3/c1-15-9-11-16(12-10-15)19-18(20(25)17-7-5-4-6-8-17)21(26)22(27)24(19)14-13-23(2)3/h4-12,19,25H,13-14H2,1-3H3/t19-/m1/s1. The van der Waals surface area contributed by atoms with Gasteiger partial charge in [0.15, 0.2) is 0 Å². The molecule has 1 aliphatic rings. The van der Waals surface area contributed by atoms with Gasteiger partial charge in [-0.3, -0.25) is 9.59 Å². The van der Waals surface area contributed by atoms with Crippen LogP contribution in [0.25, 0.3) is 5.76 Å². The Bertz CT molecular complexity index is 870. The van der Waals surface area contributed by atoms with Crippen molar-refractivity contribution < 1.29 is 14.7 Å². The molecule has 1 atom stereocenters. The van der Waals surface area contributed by atoms with E-state index in [0.29, 0.717) is 18.7 Å². The van der Waals surface area contributed by atoms with Gasteiger partial charge in [0, 0.05) is 18.7 Å². The van der Waals surface area contributed by atoms with Crippen LogP contribution in [0.1, 0.15) is 22.7 Å². The van der Waals surface area contributed by atoms with Crippen molar-refractivity contribution in [3.63, 3.8) is 0 Å². The Morgan fingerprint density at radius 3 is 2.26 bits per heavy atom. The quantitative estimate of drug-likeness (QED) is 0.503. The number of benzene rings is 2. The minimum atomic E-state index is -0.638. The van der Waals surface area contributed by atoms with Crippen LogP contribution in [-0.4, -0.2) is 53.8 Å². The Morgan fingerprint density at radius 1 is 1.04 bits per heavy atom. The third-order valence-electron chi connectivity index (χ3n) is 4.77. The molecule has 1 N–H and O–H groups in total. The van der Waals surface area contributed by atoms with Gasteiger partial charge in [0.05, 0.1) is 11.6 Å². The lowest BCUT2D eigenvalue weighted by molar-refractivity contribution is -0.140. The number of aliphatic hydroxyl groups is 1. The minimum Gasteiger partial charge on any atom is -0.507 e. The Labute approximate surface area is 159 Å². The number of Topliss-reactive ketones (excluding diaryl/α,β-unsaturated/α-hetero) is 1. The number of nitrogens with zero attached hydrogens (tertiary/aromatic N) is 2. The molecule has 0 spiro atoms. The van der Waals surface area contributed by atoms with E-state index in [9.17, 15) is 14.7 Å². The maximum atomic E-state index is 12.8. The second kappa shape index (κ2) is 7.76. The van der Waals surface area contributed by atoms with Crippen LogP contribution in [0.5, 0.6) is 0 Å². The van der Waals surface area contributed by atoms with Crippen molar-refractivity contribution in [2.75, 3.05) is 27.2 Å². The largest absolute Gasteiger partial charge is 0.507 e. The molecule has 0 aliphatic carbocycles. The Morgan fingerprint density at radius 2 is 1.67 bits per heavy atom. The van der Waals surface area contributed by atoms with Gasteiger partial charge in [0.2, 0.25) is 0 Å². The maximum absolute atomic E-state index is 12.8. The van der Waals surface area contributed by atoms with Crippen LogP contribution in [0.15, 0.2) is 60.2 Å². The maximum Gasteiger partial charge on any atom is 0.295 e. The number of hydrogen-bond donors (Lipinski definition) is 1. The zero-order chi connectivity index (χ0) is 19.6. The molecule has 1 heterocycles. The number of carbonyl (C=O) groups excluding carboxylic acids is 2. The Balaban J connectivity index is 2.13. The Kier molecular flexibility index (Phi) is 5.42. The predicted molar refractivity (Wildman–Crippen MR) is 105 cm³/mol.